The molecule has 1 fully saturated rings. The van der Waals surface area contributed by atoms with Crippen molar-refractivity contribution in [1.29, 1.82) is 5.26 Å². The molecular formula is C18H16ClFN4O2. The highest BCUT2D eigenvalue weighted by Gasteiger charge is 2.43. The van der Waals surface area contributed by atoms with Crippen LogP contribution in [0.25, 0.3) is 0 Å². The molecule has 3 rings (SSSR count). The Balaban J connectivity index is 1.63. The minimum absolute atomic E-state index is 0.156. The molecule has 0 bridgehead atoms. The summed E-state index contributed by atoms with van der Waals surface area (Å²) in [4.78, 5) is 16.0. The van der Waals surface area contributed by atoms with Crippen LogP contribution in [-0.2, 0) is 0 Å². The van der Waals surface area contributed by atoms with Crippen LogP contribution in [0.2, 0.25) is 5.02 Å². The van der Waals surface area contributed by atoms with Crippen LogP contribution in [0.4, 0.5) is 15.0 Å². The lowest BCUT2D eigenvalue weighted by Crippen LogP contribution is -2.31. The van der Waals surface area contributed by atoms with E-state index in [1.165, 1.54) is 18.3 Å². The number of rotatable bonds is 5. The largest absolute Gasteiger partial charge is 0.491 e. The van der Waals surface area contributed by atoms with Crippen LogP contribution in [0.3, 0.4) is 0 Å². The summed E-state index contributed by atoms with van der Waals surface area (Å²) in [6.07, 6.45) is 1.95. The summed E-state index contributed by atoms with van der Waals surface area (Å²) in [6, 6.07) is 7.45. The van der Waals surface area contributed by atoms with Crippen molar-refractivity contribution >= 4 is 23.4 Å². The molecule has 0 radical (unpaired) electrons. The molecule has 2 aromatic rings. The maximum absolute atomic E-state index is 14.6. The third kappa shape index (κ3) is 3.86. The number of carbonyl (C=O) groups is 1. The lowest BCUT2D eigenvalue weighted by atomic mass is 10.1. The van der Waals surface area contributed by atoms with Gasteiger partial charge >= 0.3 is 6.03 Å². The molecule has 1 aromatic heterocycles. The summed E-state index contributed by atoms with van der Waals surface area (Å²) in [7, 11) is 0. The average Bonchev–Trinajstić information content (AvgIpc) is 3.36. The third-order valence-electron chi connectivity index (χ3n) is 4.00. The van der Waals surface area contributed by atoms with Crippen molar-refractivity contribution in [1.82, 2.24) is 10.3 Å². The van der Waals surface area contributed by atoms with Gasteiger partial charge in [-0.2, -0.15) is 5.26 Å². The normalized spacial score (nSPS) is 17.9. The Morgan fingerprint density at radius 2 is 2.27 bits per heavy atom. The highest BCUT2D eigenvalue weighted by Crippen LogP contribution is 2.46. The number of pyridine rings is 1. The van der Waals surface area contributed by atoms with Crippen molar-refractivity contribution in [2.45, 2.75) is 25.3 Å². The first-order chi connectivity index (χ1) is 12.5. The monoisotopic (exact) mass is 374 g/mol. The molecule has 1 saturated carbocycles. The van der Waals surface area contributed by atoms with Crippen molar-refractivity contribution in [2.24, 2.45) is 0 Å². The van der Waals surface area contributed by atoms with Gasteiger partial charge in [0, 0.05) is 28.7 Å². The first-order valence-corrected chi connectivity index (χ1v) is 8.45. The highest BCUT2D eigenvalue weighted by atomic mass is 35.5. The van der Waals surface area contributed by atoms with E-state index in [9.17, 15) is 9.18 Å². The zero-order chi connectivity index (χ0) is 18.7. The SMILES string of the molecule is CCOc1ccc(Cl)c([C@H]2C[C@H]2NC(=O)Nc2ccc(C#N)cn2)c1F. The van der Waals surface area contributed by atoms with E-state index in [2.05, 4.69) is 15.6 Å². The van der Waals surface area contributed by atoms with Gasteiger partial charge in [0.1, 0.15) is 11.9 Å². The molecule has 0 aliphatic heterocycles. The van der Waals surface area contributed by atoms with Gasteiger partial charge in [-0.3, -0.25) is 5.32 Å². The third-order valence-corrected chi connectivity index (χ3v) is 4.33. The van der Waals surface area contributed by atoms with Crippen LogP contribution in [0.5, 0.6) is 5.75 Å². The number of urea groups is 1. The van der Waals surface area contributed by atoms with E-state index in [1.807, 2.05) is 6.07 Å². The molecule has 6 nitrogen and oxygen atoms in total. The van der Waals surface area contributed by atoms with Gasteiger partial charge in [-0.25, -0.2) is 14.2 Å². The Kier molecular flexibility index (Phi) is 5.24. The molecule has 1 aromatic carbocycles. The summed E-state index contributed by atoms with van der Waals surface area (Å²) >= 11 is 6.14. The van der Waals surface area contributed by atoms with Gasteiger partial charge in [0.15, 0.2) is 11.6 Å². The average molecular weight is 375 g/mol. The van der Waals surface area contributed by atoms with E-state index in [0.717, 1.165) is 0 Å². The number of ether oxygens (including phenoxy) is 1. The van der Waals surface area contributed by atoms with Gasteiger partial charge in [-0.1, -0.05) is 11.6 Å². The molecule has 1 aliphatic rings. The van der Waals surface area contributed by atoms with Gasteiger partial charge in [0.05, 0.1) is 12.2 Å². The number of carbonyl (C=O) groups excluding carboxylic acids is 1. The number of benzene rings is 1. The molecule has 2 N–H and O–H groups in total. The minimum Gasteiger partial charge on any atom is -0.491 e. The van der Waals surface area contributed by atoms with Gasteiger partial charge in [0.25, 0.3) is 0 Å². The number of aromatic nitrogens is 1. The fourth-order valence-corrected chi connectivity index (χ4v) is 2.97. The second-order valence-corrected chi connectivity index (χ2v) is 6.20. The molecule has 134 valence electrons. The fraction of sp³-hybridized carbons (Fsp3) is 0.278. The molecule has 2 amide bonds. The van der Waals surface area contributed by atoms with Crippen molar-refractivity contribution in [2.75, 3.05) is 11.9 Å². The maximum Gasteiger partial charge on any atom is 0.320 e. The highest BCUT2D eigenvalue weighted by molar-refractivity contribution is 6.31. The molecule has 26 heavy (non-hydrogen) atoms. The molecule has 0 spiro atoms. The molecular weight excluding hydrogens is 359 g/mol. The molecule has 0 saturated heterocycles. The Morgan fingerprint density at radius 3 is 2.92 bits per heavy atom. The first kappa shape index (κ1) is 18.0. The quantitative estimate of drug-likeness (QED) is 0.832. The minimum atomic E-state index is -0.484. The molecule has 8 heteroatoms. The fourth-order valence-electron chi connectivity index (χ4n) is 2.68. The molecule has 0 unspecified atom stereocenters. The first-order valence-electron chi connectivity index (χ1n) is 8.07. The summed E-state index contributed by atoms with van der Waals surface area (Å²) in [6.45, 7) is 2.13. The predicted molar refractivity (Wildman–Crippen MR) is 94.8 cm³/mol. The van der Waals surface area contributed by atoms with Crippen molar-refractivity contribution in [3.05, 3.63) is 52.4 Å². The van der Waals surface area contributed by atoms with E-state index in [-0.39, 0.29) is 17.7 Å². The van der Waals surface area contributed by atoms with Crippen molar-refractivity contribution < 1.29 is 13.9 Å². The van der Waals surface area contributed by atoms with Crippen molar-refractivity contribution in [3.63, 3.8) is 0 Å². The molecule has 2 atom stereocenters. The van der Waals surface area contributed by atoms with E-state index in [1.54, 1.807) is 19.1 Å². The number of anilines is 1. The van der Waals surface area contributed by atoms with Crippen LogP contribution in [0, 0.1) is 17.1 Å². The Hall–Kier alpha value is -2.85. The van der Waals surface area contributed by atoms with Gasteiger partial charge in [-0.05, 0) is 37.6 Å². The molecule has 1 aliphatic carbocycles. The van der Waals surface area contributed by atoms with Crippen LogP contribution < -0.4 is 15.4 Å². The number of hydrogen-bond donors (Lipinski definition) is 2. The topological polar surface area (TPSA) is 87.0 Å². The summed E-state index contributed by atoms with van der Waals surface area (Å²) in [5.41, 5.74) is 0.761. The number of hydrogen-bond acceptors (Lipinski definition) is 4. The number of halogens is 2. The maximum atomic E-state index is 14.6. The van der Waals surface area contributed by atoms with Crippen LogP contribution in [0.1, 0.15) is 30.4 Å². The summed E-state index contributed by atoms with van der Waals surface area (Å²) < 4.78 is 19.8. The predicted octanol–water partition coefficient (Wildman–Crippen LogP) is 3.82. The Morgan fingerprint density at radius 1 is 1.46 bits per heavy atom. The smallest absolute Gasteiger partial charge is 0.320 e. The summed E-state index contributed by atoms with van der Waals surface area (Å²) in [5.74, 6) is -0.213. The zero-order valence-corrected chi connectivity index (χ0v) is 14.7. The van der Waals surface area contributed by atoms with E-state index >= 15 is 0 Å². The number of nitriles is 1. The van der Waals surface area contributed by atoms with E-state index in [0.29, 0.717) is 35.0 Å². The van der Waals surface area contributed by atoms with Gasteiger partial charge in [0.2, 0.25) is 0 Å². The number of nitrogens with zero attached hydrogens (tertiary/aromatic N) is 2. The lowest BCUT2D eigenvalue weighted by Gasteiger charge is -2.11. The zero-order valence-electron chi connectivity index (χ0n) is 13.9. The van der Waals surface area contributed by atoms with Gasteiger partial charge in [-0.15, -0.1) is 0 Å². The van der Waals surface area contributed by atoms with Gasteiger partial charge < -0.3 is 10.1 Å². The lowest BCUT2D eigenvalue weighted by molar-refractivity contribution is 0.251. The van der Waals surface area contributed by atoms with Crippen LogP contribution in [-0.4, -0.2) is 23.7 Å². The second-order valence-electron chi connectivity index (χ2n) is 5.80. The number of amides is 2. The second kappa shape index (κ2) is 7.58. The summed E-state index contributed by atoms with van der Waals surface area (Å²) in [5, 5.41) is 14.4. The number of nitrogens with one attached hydrogen (secondary N) is 2. The molecule has 1 heterocycles. The Labute approximate surface area is 154 Å². The van der Waals surface area contributed by atoms with Crippen molar-refractivity contribution in [3.8, 4) is 11.8 Å². The van der Waals surface area contributed by atoms with E-state index in [4.69, 9.17) is 21.6 Å². The van der Waals surface area contributed by atoms with Crippen LogP contribution in [0.15, 0.2) is 30.5 Å². The van der Waals surface area contributed by atoms with Crippen LogP contribution >= 0.6 is 11.6 Å². The Bertz CT molecular complexity index is 867. The standard InChI is InChI=1S/C18H16ClFN4O2/c1-2-26-14-5-4-12(19)16(17(14)20)11-7-13(11)23-18(25)24-15-6-3-10(8-21)9-22-15/h3-6,9,11,13H,2,7H2,1H3,(H2,22,23,24,25)/t11-,13+/m0/s1. The van der Waals surface area contributed by atoms with E-state index < -0.39 is 11.8 Å².